The Morgan fingerprint density at radius 3 is 2.69 bits per heavy atom. The molecular formula is C21H21N7O. The minimum absolute atomic E-state index is 0.131. The Kier molecular flexibility index (Phi) is 4.67. The second kappa shape index (κ2) is 7.31. The first kappa shape index (κ1) is 18.5. The molecule has 0 aliphatic heterocycles. The third-order valence-corrected chi connectivity index (χ3v) is 4.10. The standard InChI is InChI=1S/C21H21N7O/c1-21(2,3)27-18-11-23-12-19(26-18)28-13-24-16-7-6-15(9-17(16)28)25-20(29)14-5-4-8-22-10-14/h4-13H,1-3H3,(H,25,29)(H,26,27). The third-order valence-electron chi connectivity index (χ3n) is 4.10. The van der Waals surface area contributed by atoms with Gasteiger partial charge < -0.3 is 10.6 Å². The fourth-order valence-corrected chi connectivity index (χ4v) is 2.88. The van der Waals surface area contributed by atoms with Gasteiger partial charge in [-0.1, -0.05) is 0 Å². The fraction of sp³-hybridized carbons (Fsp3) is 0.190. The number of carbonyl (C=O) groups excluding carboxylic acids is 1. The van der Waals surface area contributed by atoms with Crippen LogP contribution in [0.25, 0.3) is 16.9 Å². The Morgan fingerprint density at radius 1 is 1.07 bits per heavy atom. The number of carbonyl (C=O) groups is 1. The first-order valence-corrected chi connectivity index (χ1v) is 9.18. The molecule has 4 rings (SSSR count). The summed E-state index contributed by atoms with van der Waals surface area (Å²) in [5, 5.41) is 6.21. The van der Waals surface area contributed by atoms with E-state index in [0.29, 0.717) is 22.9 Å². The van der Waals surface area contributed by atoms with Crippen molar-refractivity contribution in [1.29, 1.82) is 0 Å². The number of hydrogen-bond acceptors (Lipinski definition) is 6. The number of fused-ring (bicyclic) bond motifs is 1. The highest BCUT2D eigenvalue weighted by Crippen LogP contribution is 2.22. The highest BCUT2D eigenvalue weighted by atomic mass is 16.1. The Hall–Kier alpha value is -3.81. The van der Waals surface area contributed by atoms with E-state index in [1.807, 2.05) is 22.8 Å². The summed E-state index contributed by atoms with van der Waals surface area (Å²) in [6, 6.07) is 8.98. The summed E-state index contributed by atoms with van der Waals surface area (Å²) in [4.78, 5) is 29.8. The normalized spacial score (nSPS) is 11.4. The number of pyridine rings is 1. The van der Waals surface area contributed by atoms with Crippen molar-refractivity contribution < 1.29 is 4.79 Å². The van der Waals surface area contributed by atoms with Crippen LogP contribution < -0.4 is 10.6 Å². The van der Waals surface area contributed by atoms with Crippen molar-refractivity contribution in [3.63, 3.8) is 0 Å². The Bertz CT molecular complexity index is 1160. The van der Waals surface area contributed by atoms with Gasteiger partial charge in [-0.15, -0.1) is 0 Å². The van der Waals surface area contributed by atoms with Crippen LogP contribution in [0.3, 0.4) is 0 Å². The fourth-order valence-electron chi connectivity index (χ4n) is 2.88. The molecule has 146 valence electrons. The summed E-state index contributed by atoms with van der Waals surface area (Å²) >= 11 is 0. The van der Waals surface area contributed by atoms with E-state index in [2.05, 4.69) is 51.3 Å². The molecule has 0 fully saturated rings. The van der Waals surface area contributed by atoms with Crippen molar-refractivity contribution in [3.8, 4) is 5.82 Å². The van der Waals surface area contributed by atoms with Gasteiger partial charge >= 0.3 is 0 Å². The first-order chi connectivity index (χ1) is 13.9. The van der Waals surface area contributed by atoms with Crippen LogP contribution in [0.15, 0.2) is 61.4 Å². The van der Waals surface area contributed by atoms with Gasteiger partial charge in [-0.25, -0.2) is 9.97 Å². The highest BCUT2D eigenvalue weighted by Gasteiger charge is 2.13. The van der Waals surface area contributed by atoms with E-state index >= 15 is 0 Å². The van der Waals surface area contributed by atoms with Gasteiger partial charge in [0.05, 0.1) is 29.0 Å². The molecule has 1 amide bonds. The largest absolute Gasteiger partial charge is 0.364 e. The second-order valence-electron chi connectivity index (χ2n) is 7.65. The third kappa shape index (κ3) is 4.21. The second-order valence-corrected chi connectivity index (χ2v) is 7.65. The van der Waals surface area contributed by atoms with Crippen LogP contribution in [-0.4, -0.2) is 35.9 Å². The Labute approximate surface area is 168 Å². The number of benzene rings is 1. The minimum atomic E-state index is -0.223. The molecule has 0 saturated heterocycles. The molecule has 3 heterocycles. The quantitative estimate of drug-likeness (QED) is 0.554. The predicted molar refractivity (Wildman–Crippen MR) is 112 cm³/mol. The number of rotatable bonds is 4. The molecule has 8 heteroatoms. The van der Waals surface area contributed by atoms with Crippen LogP contribution in [0.5, 0.6) is 0 Å². The molecule has 2 N–H and O–H groups in total. The maximum atomic E-state index is 12.4. The van der Waals surface area contributed by atoms with Crippen LogP contribution in [0.1, 0.15) is 31.1 Å². The summed E-state index contributed by atoms with van der Waals surface area (Å²) in [7, 11) is 0. The molecule has 0 bridgehead atoms. The van der Waals surface area contributed by atoms with Gasteiger partial charge in [-0.05, 0) is 51.1 Å². The molecule has 0 spiro atoms. The van der Waals surface area contributed by atoms with Gasteiger partial charge in [-0.3, -0.25) is 19.3 Å². The molecule has 0 unspecified atom stereocenters. The molecule has 29 heavy (non-hydrogen) atoms. The molecule has 4 aromatic rings. The van der Waals surface area contributed by atoms with E-state index in [1.165, 1.54) is 6.20 Å². The lowest BCUT2D eigenvalue weighted by Gasteiger charge is -2.21. The molecule has 0 saturated carbocycles. The van der Waals surface area contributed by atoms with Crippen LogP contribution in [0, 0.1) is 0 Å². The molecule has 0 radical (unpaired) electrons. The first-order valence-electron chi connectivity index (χ1n) is 9.18. The van der Waals surface area contributed by atoms with E-state index in [-0.39, 0.29) is 11.4 Å². The smallest absolute Gasteiger partial charge is 0.257 e. The summed E-state index contributed by atoms with van der Waals surface area (Å²) < 4.78 is 1.84. The summed E-state index contributed by atoms with van der Waals surface area (Å²) in [6.07, 6.45) is 8.22. The predicted octanol–water partition coefficient (Wildman–Crippen LogP) is 3.67. The Morgan fingerprint density at radius 2 is 1.93 bits per heavy atom. The van der Waals surface area contributed by atoms with E-state index < -0.39 is 0 Å². The van der Waals surface area contributed by atoms with E-state index in [0.717, 1.165) is 11.0 Å². The number of nitrogens with one attached hydrogen (secondary N) is 2. The van der Waals surface area contributed by atoms with Crippen molar-refractivity contribution in [3.05, 3.63) is 67.0 Å². The maximum Gasteiger partial charge on any atom is 0.257 e. The van der Waals surface area contributed by atoms with Crippen LogP contribution in [0.4, 0.5) is 11.5 Å². The number of anilines is 2. The number of nitrogens with zero attached hydrogens (tertiary/aromatic N) is 5. The molecule has 0 atom stereocenters. The summed E-state index contributed by atoms with van der Waals surface area (Å²) in [6.45, 7) is 6.18. The van der Waals surface area contributed by atoms with Crippen molar-refractivity contribution >= 4 is 28.4 Å². The molecule has 8 nitrogen and oxygen atoms in total. The molecule has 0 aliphatic rings. The maximum absolute atomic E-state index is 12.4. The zero-order valence-corrected chi connectivity index (χ0v) is 16.4. The lowest BCUT2D eigenvalue weighted by Crippen LogP contribution is -2.26. The number of aromatic nitrogens is 5. The topological polar surface area (TPSA) is 97.6 Å². The van der Waals surface area contributed by atoms with Crippen LogP contribution in [0.2, 0.25) is 0 Å². The van der Waals surface area contributed by atoms with Gasteiger partial charge in [0.2, 0.25) is 0 Å². The van der Waals surface area contributed by atoms with Gasteiger partial charge in [-0.2, -0.15) is 0 Å². The van der Waals surface area contributed by atoms with Gasteiger partial charge in [0, 0.05) is 23.6 Å². The highest BCUT2D eigenvalue weighted by molar-refractivity contribution is 6.04. The number of hydrogen-bond donors (Lipinski definition) is 2. The average molecular weight is 387 g/mol. The molecule has 0 aliphatic carbocycles. The van der Waals surface area contributed by atoms with Gasteiger partial charge in [0.1, 0.15) is 12.1 Å². The van der Waals surface area contributed by atoms with E-state index in [4.69, 9.17) is 0 Å². The summed E-state index contributed by atoms with van der Waals surface area (Å²) in [5.74, 6) is 1.09. The van der Waals surface area contributed by atoms with E-state index in [1.54, 1.807) is 37.1 Å². The van der Waals surface area contributed by atoms with Gasteiger partial charge in [0.15, 0.2) is 5.82 Å². The minimum Gasteiger partial charge on any atom is -0.364 e. The van der Waals surface area contributed by atoms with Crippen LogP contribution in [-0.2, 0) is 0 Å². The average Bonchev–Trinajstić information content (AvgIpc) is 3.11. The molecule has 3 aromatic heterocycles. The van der Waals surface area contributed by atoms with Crippen molar-refractivity contribution in [2.24, 2.45) is 0 Å². The lowest BCUT2D eigenvalue weighted by molar-refractivity contribution is 0.102. The van der Waals surface area contributed by atoms with Crippen molar-refractivity contribution in [2.75, 3.05) is 10.6 Å². The monoisotopic (exact) mass is 387 g/mol. The zero-order chi connectivity index (χ0) is 20.4. The molecule has 1 aromatic carbocycles. The Balaban J connectivity index is 1.66. The zero-order valence-electron chi connectivity index (χ0n) is 16.4. The lowest BCUT2D eigenvalue weighted by atomic mass is 10.1. The van der Waals surface area contributed by atoms with Crippen molar-refractivity contribution in [2.45, 2.75) is 26.3 Å². The summed E-state index contributed by atoms with van der Waals surface area (Å²) in [5.41, 5.74) is 2.63. The number of amides is 1. The van der Waals surface area contributed by atoms with Crippen LogP contribution >= 0.6 is 0 Å². The SMILES string of the molecule is CC(C)(C)Nc1cncc(-n2cnc3ccc(NC(=O)c4cccnc4)cc32)n1. The van der Waals surface area contributed by atoms with E-state index in [9.17, 15) is 4.79 Å². The number of imidazole rings is 1. The van der Waals surface area contributed by atoms with Crippen molar-refractivity contribution in [1.82, 2.24) is 24.5 Å². The van der Waals surface area contributed by atoms with Gasteiger partial charge in [0.25, 0.3) is 5.91 Å². The molecular weight excluding hydrogens is 366 g/mol.